The van der Waals surface area contributed by atoms with Gasteiger partial charge in [-0.3, -0.25) is 4.79 Å². The van der Waals surface area contributed by atoms with E-state index in [0.717, 1.165) is 23.8 Å². The first-order valence-corrected chi connectivity index (χ1v) is 8.03. The number of tetrazole rings is 1. The number of hydrogen-bond donors (Lipinski definition) is 2. The summed E-state index contributed by atoms with van der Waals surface area (Å²) in [7, 11) is 0. The van der Waals surface area contributed by atoms with Crippen molar-refractivity contribution in [3.05, 3.63) is 63.1 Å². The first-order chi connectivity index (χ1) is 11.6. The molecule has 1 atom stereocenters. The lowest BCUT2D eigenvalue weighted by molar-refractivity contribution is 0.0944. The second kappa shape index (κ2) is 6.83. The average Bonchev–Trinajstić information content (AvgIpc) is 3.26. The average molecular weight is 349 g/mol. The summed E-state index contributed by atoms with van der Waals surface area (Å²) < 4.78 is 27.7. The van der Waals surface area contributed by atoms with Crippen molar-refractivity contribution in [1.82, 2.24) is 25.9 Å². The number of nitrogens with one attached hydrogen (secondary N) is 2. The lowest BCUT2D eigenvalue weighted by Gasteiger charge is -2.16. The molecule has 0 fully saturated rings. The molecule has 9 heteroatoms. The fraction of sp³-hybridized carbons (Fsp3) is 0.200. The van der Waals surface area contributed by atoms with Gasteiger partial charge in [0.1, 0.15) is 17.7 Å². The van der Waals surface area contributed by atoms with Crippen LogP contribution in [-0.2, 0) is 6.42 Å². The van der Waals surface area contributed by atoms with Crippen molar-refractivity contribution in [2.24, 2.45) is 0 Å². The molecule has 1 amide bonds. The number of halogens is 2. The molecule has 3 aromatic rings. The highest BCUT2D eigenvalue weighted by Crippen LogP contribution is 2.24. The lowest BCUT2D eigenvalue weighted by Crippen LogP contribution is -2.31. The fourth-order valence-corrected chi connectivity index (χ4v) is 3.22. The highest BCUT2D eigenvalue weighted by atomic mass is 32.1. The SMILES string of the molecule is CCc1ccsc1C(=O)NC(c1nn[nH]n1)c1cc(F)ccc1F. The van der Waals surface area contributed by atoms with Gasteiger partial charge in [0, 0.05) is 5.56 Å². The molecule has 0 bridgehead atoms. The van der Waals surface area contributed by atoms with E-state index in [1.54, 1.807) is 5.38 Å². The van der Waals surface area contributed by atoms with E-state index >= 15 is 0 Å². The maximum atomic E-state index is 14.1. The Morgan fingerprint density at radius 3 is 2.92 bits per heavy atom. The summed E-state index contributed by atoms with van der Waals surface area (Å²) in [6.45, 7) is 1.93. The molecular weight excluding hydrogens is 336 g/mol. The smallest absolute Gasteiger partial charge is 0.262 e. The molecular formula is C15H13F2N5OS. The minimum atomic E-state index is -1.06. The normalized spacial score (nSPS) is 12.1. The number of carbonyl (C=O) groups is 1. The third kappa shape index (κ3) is 3.16. The minimum absolute atomic E-state index is 0.0439. The number of carbonyl (C=O) groups excluding carboxylic acids is 1. The molecule has 0 saturated carbocycles. The summed E-state index contributed by atoms with van der Waals surface area (Å²) in [5.74, 6) is -1.66. The largest absolute Gasteiger partial charge is 0.337 e. The molecule has 1 unspecified atom stereocenters. The van der Waals surface area contributed by atoms with Gasteiger partial charge in [-0.25, -0.2) is 8.78 Å². The Balaban J connectivity index is 1.97. The summed E-state index contributed by atoms with van der Waals surface area (Å²) in [6, 6.07) is 3.80. The first kappa shape index (κ1) is 16.2. The third-order valence-corrected chi connectivity index (χ3v) is 4.45. The van der Waals surface area contributed by atoms with Crippen LogP contribution in [0.4, 0.5) is 8.78 Å². The van der Waals surface area contributed by atoms with Crippen molar-refractivity contribution >= 4 is 17.2 Å². The summed E-state index contributed by atoms with van der Waals surface area (Å²) in [5, 5.41) is 17.7. The summed E-state index contributed by atoms with van der Waals surface area (Å²) in [6.07, 6.45) is 0.688. The van der Waals surface area contributed by atoms with Gasteiger partial charge in [-0.2, -0.15) is 5.21 Å². The van der Waals surface area contributed by atoms with Crippen LogP contribution in [0.1, 0.15) is 39.6 Å². The number of aromatic amines is 1. The Bertz CT molecular complexity index is 849. The number of H-pyrrole nitrogens is 1. The molecule has 0 saturated heterocycles. The molecule has 0 radical (unpaired) electrons. The third-order valence-electron chi connectivity index (χ3n) is 3.50. The quantitative estimate of drug-likeness (QED) is 0.742. The van der Waals surface area contributed by atoms with Gasteiger partial charge in [0.15, 0.2) is 0 Å². The van der Waals surface area contributed by atoms with Crippen LogP contribution in [0.5, 0.6) is 0 Å². The van der Waals surface area contributed by atoms with Gasteiger partial charge in [-0.05, 0) is 41.6 Å². The maximum Gasteiger partial charge on any atom is 0.262 e. The van der Waals surface area contributed by atoms with Crippen LogP contribution in [0.25, 0.3) is 0 Å². The first-order valence-electron chi connectivity index (χ1n) is 7.15. The van der Waals surface area contributed by atoms with E-state index in [9.17, 15) is 13.6 Å². The van der Waals surface area contributed by atoms with Gasteiger partial charge < -0.3 is 5.32 Å². The van der Waals surface area contributed by atoms with Gasteiger partial charge >= 0.3 is 0 Å². The topological polar surface area (TPSA) is 83.6 Å². The Hall–Kier alpha value is -2.68. The van der Waals surface area contributed by atoms with Crippen molar-refractivity contribution in [3.63, 3.8) is 0 Å². The van der Waals surface area contributed by atoms with Gasteiger partial charge in [-0.1, -0.05) is 12.1 Å². The zero-order valence-corrected chi connectivity index (χ0v) is 13.4. The van der Waals surface area contributed by atoms with Gasteiger partial charge in [0.05, 0.1) is 4.88 Å². The number of rotatable bonds is 5. The number of thiophene rings is 1. The van der Waals surface area contributed by atoms with Crippen LogP contribution in [0, 0.1) is 11.6 Å². The number of aromatic nitrogens is 4. The predicted molar refractivity (Wildman–Crippen MR) is 83.5 cm³/mol. The lowest BCUT2D eigenvalue weighted by atomic mass is 10.0. The Morgan fingerprint density at radius 1 is 1.38 bits per heavy atom. The van der Waals surface area contributed by atoms with Crippen molar-refractivity contribution in [2.45, 2.75) is 19.4 Å². The Morgan fingerprint density at radius 2 is 2.21 bits per heavy atom. The van der Waals surface area contributed by atoms with Crippen LogP contribution in [0.15, 0.2) is 29.6 Å². The molecule has 0 aliphatic rings. The molecule has 24 heavy (non-hydrogen) atoms. The highest BCUT2D eigenvalue weighted by molar-refractivity contribution is 7.12. The van der Waals surface area contributed by atoms with Crippen molar-refractivity contribution in [3.8, 4) is 0 Å². The van der Waals surface area contributed by atoms with Gasteiger partial charge in [0.25, 0.3) is 5.91 Å². The Kier molecular flexibility index (Phi) is 4.61. The van der Waals surface area contributed by atoms with Crippen LogP contribution in [-0.4, -0.2) is 26.5 Å². The molecule has 1 aromatic carbocycles. The summed E-state index contributed by atoms with van der Waals surface area (Å²) >= 11 is 1.28. The second-order valence-electron chi connectivity index (χ2n) is 4.97. The standard InChI is InChI=1S/C15H13F2N5OS/c1-2-8-5-6-24-13(8)15(23)18-12(14-19-21-22-20-14)10-7-9(16)3-4-11(10)17/h3-7,12H,2H2,1H3,(H,18,23)(H,19,20,21,22). The fourth-order valence-electron chi connectivity index (χ4n) is 2.32. The zero-order chi connectivity index (χ0) is 17.1. The monoisotopic (exact) mass is 349 g/mol. The van der Waals surface area contributed by atoms with Crippen LogP contribution >= 0.6 is 11.3 Å². The van der Waals surface area contributed by atoms with E-state index in [1.165, 1.54) is 11.3 Å². The zero-order valence-electron chi connectivity index (χ0n) is 12.6. The van der Waals surface area contributed by atoms with Gasteiger partial charge in [0.2, 0.25) is 5.82 Å². The molecule has 2 aromatic heterocycles. The van der Waals surface area contributed by atoms with E-state index in [1.807, 2.05) is 13.0 Å². The highest BCUT2D eigenvalue weighted by Gasteiger charge is 2.26. The summed E-state index contributed by atoms with van der Waals surface area (Å²) in [5.41, 5.74) is 0.809. The van der Waals surface area contributed by atoms with E-state index in [-0.39, 0.29) is 11.4 Å². The van der Waals surface area contributed by atoms with Gasteiger partial charge in [-0.15, -0.1) is 21.5 Å². The molecule has 2 heterocycles. The minimum Gasteiger partial charge on any atom is -0.337 e. The van der Waals surface area contributed by atoms with Crippen LogP contribution < -0.4 is 5.32 Å². The van der Waals surface area contributed by atoms with E-state index in [0.29, 0.717) is 11.3 Å². The van der Waals surface area contributed by atoms with Crippen molar-refractivity contribution < 1.29 is 13.6 Å². The second-order valence-corrected chi connectivity index (χ2v) is 5.89. The number of amides is 1. The summed E-state index contributed by atoms with van der Waals surface area (Å²) in [4.78, 5) is 13.1. The van der Waals surface area contributed by atoms with E-state index in [4.69, 9.17) is 0 Å². The van der Waals surface area contributed by atoms with Crippen LogP contribution in [0.2, 0.25) is 0 Å². The Labute approximate surface area is 139 Å². The van der Waals surface area contributed by atoms with Crippen LogP contribution in [0.3, 0.4) is 0 Å². The number of aryl methyl sites for hydroxylation is 1. The van der Waals surface area contributed by atoms with Crippen molar-refractivity contribution in [2.75, 3.05) is 0 Å². The number of benzene rings is 1. The molecule has 0 aliphatic heterocycles. The predicted octanol–water partition coefficient (Wildman–Crippen LogP) is 2.62. The number of nitrogens with zero attached hydrogens (tertiary/aromatic N) is 3. The number of hydrogen-bond acceptors (Lipinski definition) is 5. The maximum absolute atomic E-state index is 14.1. The molecule has 2 N–H and O–H groups in total. The molecule has 0 aliphatic carbocycles. The van der Waals surface area contributed by atoms with Crippen molar-refractivity contribution in [1.29, 1.82) is 0 Å². The van der Waals surface area contributed by atoms with E-state index < -0.39 is 23.6 Å². The van der Waals surface area contributed by atoms with E-state index in [2.05, 4.69) is 25.9 Å². The molecule has 3 rings (SSSR count). The molecule has 0 spiro atoms. The molecule has 6 nitrogen and oxygen atoms in total. The molecule has 124 valence electrons.